The molecule has 0 spiro atoms. The van der Waals surface area contributed by atoms with Gasteiger partial charge in [0, 0.05) is 37.6 Å². The minimum Gasteiger partial charge on any atom is -0.366 e. The van der Waals surface area contributed by atoms with Crippen molar-refractivity contribution in [2.75, 3.05) is 42.1 Å². The summed E-state index contributed by atoms with van der Waals surface area (Å²) in [6, 6.07) is 14.9. The molecule has 0 atom stereocenters. The van der Waals surface area contributed by atoms with Crippen LogP contribution < -0.4 is 9.62 Å². The number of carbonyl (C=O) groups excluding carboxylic acids is 1. The summed E-state index contributed by atoms with van der Waals surface area (Å²) in [5.41, 5.74) is 2.49. The second kappa shape index (κ2) is 8.84. The van der Waals surface area contributed by atoms with Crippen LogP contribution in [0.15, 0.2) is 48.5 Å². The van der Waals surface area contributed by atoms with E-state index in [1.165, 1.54) is 0 Å². The number of nitrogens with zero attached hydrogens (tertiary/aromatic N) is 2. The predicted octanol–water partition coefficient (Wildman–Crippen LogP) is 2.99. The van der Waals surface area contributed by atoms with Gasteiger partial charge in [-0.05, 0) is 36.2 Å². The van der Waals surface area contributed by atoms with Crippen molar-refractivity contribution in [1.29, 1.82) is 0 Å². The number of aryl methyl sites for hydroxylation is 1. The highest BCUT2D eigenvalue weighted by molar-refractivity contribution is 7.92. The van der Waals surface area contributed by atoms with Gasteiger partial charge in [0.25, 0.3) is 0 Å². The monoisotopic (exact) mass is 421 g/mol. The smallest absolute Gasteiger partial charge is 0.229 e. The Morgan fingerprint density at radius 1 is 1.04 bits per heavy atom. The Bertz CT molecular complexity index is 924. The van der Waals surface area contributed by atoms with Gasteiger partial charge in [-0.15, -0.1) is 0 Å². The van der Waals surface area contributed by atoms with Crippen LogP contribution in [0.25, 0.3) is 0 Å². The van der Waals surface area contributed by atoms with Crippen molar-refractivity contribution in [3.05, 3.63) is 59.1 Å². The molecule has 1 fully saturated rings. The molecule has 0 bridgehead atoms. The van der Waals surface area contributed by atoms with Crippen molar-refractivity contribution < 1.29 is 13.2 Å². The number of carbonyl (C=O) groups is 1. The van der Waals surface area contributed by atoms with Crippen molar-refractivity contribution in [1.82, 2.24) is 4.90 Å². The average molecular weight is 422 g/mol. The van der Waals surface area contributed by atoms with E-state index in [2.05, 4.69) is 9.62 Å². The second-order valence-corrected chi connectivity index (χ2v) is 9.07. The zero-order valence-electron chi connectivity index (χ0n) is 15.8. The highest BCUT2D eigenvalue weighted by Gasteiger charge is 2.22. The van der Waals surface area contributed by atoms with Crippen molar-refractivity contribution in [2.24, 2.45) is 0 Å². The van der Waals surface area contributed by atoms with Gasteiger partial charge in [0.1, 0.15) is 0 Å². The van der Waals surface area contributed by atoms with Gasteiger partial charge < -0.3 is 9.80 Å². The van der Waals surface area contributed by atoms with Gasteiger partial charge in [-0.2, -0.15) is 0 Å². The molecule has 0 saturated carbocycles. The van der Waals surface area contributed by atoms with E-state index in [1.54, 1.807) is 12.1 Å². The number of benzene rings is 2. The Hall–Kier alpha value is -2.25. The molecule has 2 aromatic rings. The lowest BCUT2D eigenvalue weighted by Crippen LogP contribution is -2.49. The van der Waals surface area contributed by atoms with Gasteiger partial charge in [0.15, 0.2) is 0 Å². The van der Waals surface area contributed by atoms with Gasteiger partial charge in [-0.25, -0.2) is 8.42 Å². The van der Waals surface area contributed by atoms with Gasteiger partial charge in [0.2, 0.25) is 15.9 Å². The van der Waals surface area contributed by atoms with Gasteiger partial charge >= 0.3 is 0 Å². The third kappa shape index (κ3) is 5.62. The third-order valence-electron chi connectivity index (χ3n) is 4.71. The predicted molar refractivity (Wildman–Crippen MR) is 113 cm³/mol. The molecule has 1 saturated heterocycles. The summed E-state index contributed by atoms with van der Waals surface area (Å²) in [7, 11) is -3.35. The molecule has 8 heteroatoms. The molecule has 2 aromatic carbocycles. The standard InChI is InChI=1S/C20H24ClN3O3S/c1-28(26,27)22-18-4-2-3-5-19(18)23-12-14-24(15-13-23)20(25)11-8-16-6-9-17(21)10-7-16/h2-7,9-10,22H,8,11-15H2,1H3. The summed E-state index contributed by atoms with van der Waals surface area (Å²) >= 11 is 5.89. The van der Waals surface area contributed by atoms with Crippen molar-refractivity contribution in [3.8, 4) is 0 Å². The summed E-state index contributed by atoms with van der Waals surface area (Å²) in [5, 5.41) is 0.692. The van der Waals surface area contributed by atoms with Gasteiger partial charge in [-0.3, -0.25) is 9.52 Å². The molecule has 1 aliphatic rings. The van der Waals surface area contributed by atoms with Crippen molar-refractivity contribution in [3.63, 3.8) is 0 Å². The van der Waals surface area contributed by atoms with Crippen LogP contribution in [-0.2, 0) is 21.2 Å². The highest BCUT2D eigenvalue weighted by Crippen LogP contribution is 2.27. The maximum absolute atomic E-state index is 12.5. The lowest BCUT2D eigenvalue weighted by atomic mass is 10.1. The number of halogens is 1. The van der Waals surface area contributed by atoms with Gasteiger partial charge in [-0.1, -0.05) is 35.9 Å². The number of para-hydroxylation sites is 2. The van der Waals surface area contributed by atoms with E-state index >= 15 is 0 Å². The zero-order chi connectivity index (χ0) is 20.1. The van der Waals surface area contributed by atoms with E-state index in [0.717, 1.165) is 17.5 Å². The molecule has 0 aliphatic carbocycles. The van der Waals surface area contributed by atoms with Gasteiger partial charge in [0.05, 0.1) is 17.6 Å². The fraction of sp³-hybridized carbons (Fsp3) is 0.350. The van der Waals surface area contributed by atoms with E-state index in [-0.39, 0.29) is 5.91 Å². The van der Waals surface area contributed by atoms with Crippen LogP contribution in [-0.4, -0.2) is 51.7 Å². The number of rotatable bonds is 6. The number of sulfonamides is 1. The van der Waals surface area contributed by atoms with E-state index in [4.69, 9.17) is 11.6 Å². The largest absolute Gasteiger partial charge is 0.366 e. The summed E-state index contributed by atoms with van der Waals surface area (Å²) < 4.78 is 25.8. The number of piperazine rings is 1. The molecular weight excluding hydrogens is 398 g/mol. The maximum atomic E-state index is 12.5. The zero-order valence-corrected chi connectivity index (χ0v) is 17.3. The first-order chi connectivity index (χ1) is 13.3. The Labute approximate surface area is 171 Å². The fourth-order valence-corrected chi connectivity index (χ4v) is 3.99. The minimum absolute atomic E-state index is 0.136. The number of hydrogen-bond donors (Lipinski definition) is 1. The van der Waals surface area contributed by atoms with Crippen molar-refractivity contribution >= 4 is 38.9 Å². The van der Waals surface area contributed by atoms with Crippen LogP contribution in [0.2, 0.25) is 5.02 Å². The first kappa shape index (κ1) is 20.5. The topological polar surface area (TPSA) is 69.7 Å². The molecule has 28 heavy (non-hydrogen) atoms. The molecule has 1 amide bonds. The SMILES string of the molecule is CS(=O)(=O)Nc1ccccc1N1CCN(C(=O)CCc2ccc(Cl)cc2)CC1. The summed E-state index contributed by atoms with van der Waals surface area (Å²) in [5.74, 6) is 0.136. The molecule has 1 aliphatic heterocycles. The molecule has 1 heterocycles. The normalized spacial score (nSPS) is 14.8. The van der Waals surface area contributed by atoms with Crippen molar-refractivity contribution in [2.45, 2.75) is 12.8 Å². The molecule has 150 valence electrons. The number of hydrogen-bond acceptors (Lipinski definition) is 4. The first-order valence-electron chi connectivity index (χ1n) is 9.16. The molecule has 6 nitrogen and oxygen atoms in total. The summed E-state index contributed by atoms with van der Waals surface area (Å²) in [6.07, 6.45) is 2.30. The van der Waals surface area contributed by atoms with E-state index in [9.17, 15) is 13.2 Å². The second-order valence-electron chi connectivity index (χ2n) is 6.89. The van der Waals surface area contributed by atoms with E-state index in [1.807, 2.05) is 41.3 Å². The Morgan fingerprint density at radius 3 is 2.32 bits per heavy atom. The lowest BCUT2D eigenvalue weighted by molar-refractivity contribution is -0.131. The molecule has 1 N–H and O–H groups in total. The molecule has 0 aromatic heterocycles. The number of anilines is 2. The lowest BCUT2D eigenvalue weighted by Gasteiger charge is -2.37. The van der Waals surface area contributed by atoms with Crippen LogP contribution in [0.1, 0.15) is 12.0 Å². The highest BCUT2D eigenvalue weighted by atomic mass is 35.5. The summed E-state index contributed by atoms with van der Waals surface area (Å²) in [6.45, 7) is 2.56. The first-order valence-corrected chi connectivity index (χ1v) is 11.4. The van der Waals surface area contributed by atoms with Crippen LogP contribution in [0.5, 0.6) is 0 Å². The van der Waals surface area contributed by atoms with Crippen LogP contribution in [0.4, 0.5) is 11.4 Å². The van der Waals surface area contributed by atoms with Crippen LogP contribution in [0, 0.1) is 0 Å². The van der Waals surface area contributed by atoms with E-state index < -0.39 is 10.0 Å². The van der Waals surface area contributed by atoms with Crippen LogP contribution in [0.3, 0.4) is 0 Å². The average Bonchev–Trinajstić information content (AvgIpc) is 2.67. The number of amides is 1. The summed E-state index contributed by atoms with van der Waals surface area (Å²) in [4.78, 5) is 16.5. The maximum Gasteiger partial charge on any atom is 0.229 e. The third-order valence-corrected chi connectivity index (χ3v) is 5.56. The van der Waals surface area contributed by atoms with E-state index in [0.29, 0.717) is 49.7 Å². The Morgan fingerprint density at radius 2 is 1.68 bits per heavy atom. The minimum atomic E-state index is -3.35. The molecule has 0 radical (unpaired) electrons. The Kier molecular flexibility index (Phi) is 6.46. The van der Waals surface area contributed by atoms with Crippen LogP contribution >= 0.6 is 11.6 Å². The fourth-order valence-electron chi connectivity index (χ4n) is 3.29. The molecule has 0 unspecified atom stereocenters. The number of nitrogens with one attached hydrogen (secondary N) is 1. The molecular formula is C20H24ClN3O3S. The Balaban J connectivity index is 1.56. The molecule has 3 rings (SSSR count). The quantitative estimate of drug-likeness (QED) is 0.778.